The zero-order valence-corrected chi connectivity index (χ0v) is 14.4. The number of unbranched alkanes of at least 4 members (excludes halogenated alkanes) is 1. The number of allylic oxidation sites excluding steroid dienone is 1. The molecule has 0 fully saturated rings. The number of anilines is 1. The molecule has 21 heavy (non-hydrogen) atoms. The van der Waals surface area contributed by atoms with Crippen molar-refractivity contribution >= 4 is 5.82 Å². The van der Waals surface area contributed by atoms with Crippen LogP contribution in [0.25, 0.3) is 0 Å². The molecule has 1 N–H and O–H groups in total. The van der Waals surface area contributed by atoms with Crippen molar-refractivity contribution in [2.75, 3.05) is 18.5 Å². The fourth-order valence-electron chi connectivity index (χ4n) is 2.07. The monoisotopic (exact) mass is 289 g/mol. The second kappa shape index (κ2) is 8.18. The molecule has 1 heterocycles. The summed E-state index contributed by atoms with van der Waals surface area (Å²) in [6.45, 7) is 14.4. The minimum atomic E-state index is 0.131. The maximum atomic E-state index is 4.75. The lowest BCUT2D eigenvalue weighted by Gasteiger charge is -2.23. The van der Waals surface area contributed by atoms with Crippen LogP contribution in [0, 0.1) is 0 Å². The van der Waals surface area contributed by atoms with E-state index in [4.69, 9.17) is 4.98 Å². The molecule has 3 nitrogen and oxygen atoms in total. The predicted octanol–water partition coefficient (Wildman–Crippen LogP) is 3.93. The molecule has 0 unspecified atom stereocenters. The summed E-state index contributed by atoms with van der Waals surface area (Å²) >= 11 is 0. The van der Waals surface area contributed by atoms with E-state index in [1.165, 1.54) is 5.56 Å². The summed E-state index contributed by atoms with van der Waals surface area (Å²) in [5.74, 6) is 1.07. The Morgan fingerprint density at radius 1 is 1.33 bits per heavy atom. The Morgan fingerprint density at radius 3 is 2.62 bits per heavy atom. The fourth-order valence-corrected chi connectivity index (χ4v) is 2.07. The Kier molecular flexibility index (Phi) is 6.90. The maximum absolute atomic E-state index is 4.75. The molecule has 0 aliphatic carbocycles. The van der Waals surface area contributed by atoms with Crippen molar-refractivity contribution in [3.63, 3.8) is 0 Å². The van der Waals surface area contributed by atoms with Crippen molar-refractivity contribution in [3.8, 4) is 0 Å². The van der Waals surface area contributed by atoms with E-state index in [0.29, 0.717) is 0 Å². The third-order valence-corrected chi connectivity index (χ3v) is 3.40. The van der Waals surface area contributed by atoms with Crippen LogP contribution in [0.4, 0.5) is 5.82 Å². The van der Waals surface area contributed by atoms with Gasteiger partial charge in [0.25, 0.3) is 0 Å². The van der Waals surface area contributed by atoms with Crippen LogP contribution in [0.15, 0.2) is 24.8 Å². The molecule has 0 amide bonds. The van der Waals surface area contributed by atoms with Crippen LogP contribution in [-0.4, -0.2) is 24.1 Å². The molecular formula is C18H31N3. The Labute approximate surface area is 130 Å². The van der Waals surface area contributed by atoms with Crippen molar-refractivity contribution in [2.45, 2.75) is 59.0 Å². The molecule has 0 spiro atoms. The normalized spacial score (nSPS) is 11.5. The van der Waals surface area contributed by atoms with Crippen molar-refractivity contribution in [1.29, 1.82) is 0 Å². The van der Waals surface area contributed by atoms with Gasteiger partial charge in [-0.3, -0.25) is 0 Å². The van der Waals surface area contributed by atoms with Crippen LogP contribution in [0.1, 0.15) is 51.8 Å². The molecular weight excluding hydrogens is 258 g/mol. The third kappa shape index (κ3) is 6.76. The fraction of sp³-hybridized carbons (Fsp3) is 0.611. The first-order chi connectivity index (χ1) is 9.85. The van der Waals surface area contributed by atoms with E-state index >= 15 is 0 Å². The number of rotatable bonds is 8. The standard InChI is InChI=1S/C18H31N3/c1-7-9-10-11-21(6)17-13-15(12-16(8-2)20-17)14-19-18(3,4)5/h7,12-13,19H,1,8-11,14H2,2-6H3. The molecule has 0 saturated heterocycles. The van der Waals surface area contributed by atoms with Crippen LogP contribution in [-0.2, 0) is 13.0 Å². The molecule has 1 rings (SSSR count). The van der Waals surface area contributed by atoms with Crippen molar-refractivity contribution < 1.29 is 0 Å². The van der Waals surface area contributed by atoms with Crippen LogP contribution < -0.4 is 10.2 Å². The van der Waals surface area contributed by atoms with Crippen LogP contribution in [0.2, 0.25) is 0 Å². The molecule has 118 valence electrons. The SMILES string of the molecule is C=CCCCN(C)c1cc(CNC(C)(C)C)cc(CC)n1. The van der Waals surface area contributed by atoms with Crippen molar-refractivity contribution in [1.82, 2.24) is 10.3 Å². The van der Waals surface area contributed by atoms with E-state index in [2.05, 4.69) is 63.7 Å². The van der Waals surface area contributed by atoms with Gasteiger partial charge in [-0.05, 0) is 57.7 Å². The highest BCUT2D eigenvalue weighted by Crippen LogP contribution is 2.16. The number of hydrogen-bond acceptors (Lipinski definition) is 3. The average molecular weight is 289 g/mol. The lowest BCUT2D eigenvalue weighted by molar-refractivity contribution is 0.424. The van der Waals surface area contributed by atoms with Crippen molar-refractivity contribution in [3.05, 3.63) is 36.0 Å². The van der Waals surface area contributed by atoms with Gasteiger partial charge in [0.15, 0.2) is 0 Å². The number of hydrogen-bond donors (Lipinski definition) is 1. The third-order valence-electron chi connectivity index (χ3n) is 3.40. The zero-order chi connectivity index (χ0) is 15.9. The number of aryl methyl sites for hydroxylation is 1. The summed E-state index contributed by atoms with van der Waals surface area (Å²) < 4.78 is 0. The summed E-state index contributed by atoms with van der Waals surface area (Å²) in [5, 5.41) is 3.55. The van der Waals surface area contributed by atoms with Gasteiger partial charge in [-0.15, -0.1) is 6.58 Å². The van der Waals surface area contributed by atoms with Gasteiger partial charge in [0, 0.05) is 31.4 Å². The minimum Gasteiger partial charge on any atom is -0.360 e. The average Bonchev–Trinajstić information content (AvgIpc) is 2.44. The molecule has 0 atom stereocenters. The molecule has 0 aliphatic heterocycles. The summed E-state index contributed by atoms with van der Waals surface area (Å²) in [6, 6.07) is 4.41. The summed E-state index contributed by atoms with van der Waals surface area (Å²) in [6.07, 6.45) is 5.11. The summed E-state index contributed by atoms with van der Waals surface area (Å²) in [5.41, 5.74) is 2.60. The van der Waals surface area contributed by atoms with E-state index < -0.39 is 0 Å². The maximum Gasteiger partial charge on any atom is 0.128 e. The first-order valence-electron chi connectivity index (χ1n) is 7.92. The van der Waals surface area contributed by atoms with Gasteiger partial charge >= 0.3 is 0 Å². The van der Waals surface area contributed by atoms with Gasteiger partial charge in [-0.1, -0.05) is 13.0 Å². The Balaban J connectivity index is 2.81. The highest BCUT2D eigenvalue weighted by Gasteiger charge is 2.11. The number of pyridine rings is 1. The van der Waals surface area contributed by atoms with Gasteiger partial charge in [0.2, 0.25) is 0 Å². The second-order valence-corrected chi connectivity index (χ2v) is 6.63. The topological polar surface area (TPSA) is 28.2 Å². The largest absolute Gasteiger partial charge is 0.360 e. The molecule has 1 aromatic rings. The van der Waals surface area contributed by atoms with E-state index in [1.54, 1.807) is 0 Å². The Morgan fingerprint density at radius 2 is 2.05 bits per heavy atom. The van der Waals surface area contributed by atoms with Gasteiger partial charge in [-0.25, -0.2) is 4.98 Å². The van der Waals surface area contributed by atoms with Gasteiger partial charge < -0.3 is 10.2 Å². The Hall–Kier alpha value is -1.35. The van der Waals surface area contributed by atoms with E-state index in [9.17, 15) is 0 Å². The first kappa shape index (κ1) is 17.7. The summed E-state index contributed by atoms with van der Waals surface area (Å²) in [4.78, 5) is 6.99. The molecule has 0 bridgehead atoms. The number of aromatic nitrogens is 1. The smallest absolute Gasteiger partial charge is 0.128 e. The molecule has 0 saturated carbocycles. The predicted molar refractivity (Wildman–Crippen MR) is 92.9 cm³/mol. The minimum absolute atomic E-state index is 0.131. The lowest BCUT2D eigenvalue weighted by atomic mass is 10.1. The number of nitrogens with zero attached hydrogens (tertiary/aromatic N) is 2. The molecule has 0 aliphatic rings. The number of nitrogens with one attached hydrogen (secondary N) is 1. The van der Waals surface area contributed by atoms with Crippen LogP contribution >= 0.6 is 0 Å². The summed E-state index contributed by atoms with van der Waals surface area (Å²) in [7, 11) is 2.12. The quantitative estimate of drug-likeness (QED) is 0.580. The van der Waals surface area contributed by atoms with Crippen molar-refractivity contribution in [2.24, 2.45) is 0 Å². The van der Waals surface area contributed by atoms with Crippen LogP contribution in [0.5, 0.6) is 0 Å². The van der Waals surface area contributed by atoms with Gasteiger partial charge in [-0.2, -0.15) is 0 Å². The zero-order valence-electron chi connectivity index (χ0n) is 14.4. The second-order valence-electron chi connectivity index (χ2n) is 6.63. The molecule has 0 radical (unpaired) electrons. The lowest BCUT2D eigenvalue weighted by Crippen LogP contribution is -2.35. The highest BCUT2D eigenvalue weighted by molar-refractivity contribution is 5.42. The van der Waals surface area contributed by atoms with Crippen LogP contribution in [0.3, 0.4) is 0 Å². The Bertz CT molecular complexity index is 446. The molecule has 3 heteroatoms. The van der Waals surface area contributed by atoms with E-state index in [-0.39, 0.29) is 5.54 Å². The molecule has 0 aromatic carbocycles. The molecule has 1 aromatic heterocycles. The first-order valence-corrected chi connectivity index (χ1v) is 7.92. The van der Waals surface area contributed by atoms with Gasteiger partial charge in [0.05, 0.1) is 0 Å². The highest BCUT2D eigenvalue weighted by atomic mass is 15.2. The van der Waals surface area contributed by atoms with E-state index in [0.717, 1.165) is 43.9 Å². The van der Waals surface area contributed by atoms with E-state index in [1.807, 2.05) is 6.08 Å². The van der Waals surface area contributed by atoms with Gasteiger partial charge in [0.1, 0.15) is 5.82 Å².